The molecule has 3 aliphatic heterocycles. The van der Waals surface area contributed by atoms with Crippen LogP contribution in [0.2, 0.25) is 0 Å². The quantitative estimate of drug-likeness (QED) is 0.851. The predicted octanol–water partition coefficient (Wildman–Crippen LogP) is 3.09. The van der Waals surface area contributed by atoms with E-state index in [-0.39, 0.29) is 11.6 Å². The van der Waals surface area contributed by atoms with Crippen LogP contribution in [-0.2, 0) is 0 Å². The minimum atomic E-state index is -0.262. The average molecular weight is 325 g/mol. The SMILES string of the molecule is C[C@@]1(NC(=O)c2ccc(-c3cccc(N)c3)o2)CC2CCN1CC2. The Morgan fingerprint density at radius 2 is 2.08 bits per heavy atom. The molecule has 126 valence electrons. The third kappa shape index (κ3) is 2.69. The number of anilines is 1. The maximum atomic E-state index is 12.6. The minimum Gasteiger partial charge on any atom is -0.451 e. The highest BCUT2D eigenvalue weighted by molar-refractivity contribution is 5.92. The number of rotatable bonds is 3. The first-order valence-electron chi connectivity index (χ1n) is 8.57. The molecule has 2 aromatic rings. The van der Waals surface area contributed by atoms with Crippen molar-refractivity contribution in [3.63, 3.8) is 0 Å². The Morgan fingerprint density at radius 3 is 2.75 bits per heavy atom. The second-order valence-corrected chi connectivity index (χ2v) is 7.15. The van der Waals surface area contributed by atoms with Crippen molar-refractivity contribution in [2.75, 3.05) is 18.8 Å². The molecule has 1 amide bonds. The Labute approximate surface area is 141 Å². The smallest absolute Gasteiger partial charge is 0.288 e. The molecule has 1 aromatic carbocycles. The van der Waals surface area contributed by atoms with Gasteiger partial charge in [-0.25, -0.2) is 0 Å². The molecular formula is C19H23N3O2. The summed E-state index contributed by atoms with van der Waals surface area (Å²) in [6.07, 6.45) is 3.50. The maximum Gasteiger partial charge on any atom is 0.288 e. The Balaban J connectivity index is 1.51. The number of nitrogens with one attached hydrogen (secondary N) is 1. The van der Waals surface area contributed by atoms with Crippen molar-refractivity contribution < 1.29 is 9.21 Å². The average Bonchev–Trinajstić information content (AvgIpc) is 3.05. The lowest BCUT2D eigenvalue weighted by atomic mass is 9.80. The van der Waals surface area contributed by atoms with Gasteiger partial charge in [0.1, 0.15) is 5.76 Å². The van der Waals surface area contributed by atoms with Gasteiger partial charge in [0, 0.05) is 24.3 Å². The van der Waals surface area contributed by atoms with E-state index in [1.165, 1.54) is 12.8 Å². The third-order valence-electron chi connectivity index (χ3n) is 5.38. The van der Waals surface area contributed by atoms with Gasteiger partial charge in [0.2, 0.25) is 0 Å². The van der Waals surface area contributed by atoms with Crippen LogP contribution in [0.25, 0.3) is 11.3 Å². The van der Waals surface area contributed by atoms with Crippen molar-refractivity contribution >= 4 is 11.6 Å². The number of furan rings is 1. The summed E-state index contributed by atoms with van der Waals surface area (Å²) in [6.45, 7) is 4.25. The van der Waals surface area contributed by atoms with Crippen LogP contribution in [0.4, 0.5) is 5.69 Å². The van der Waals surface area contributed by atoms with Gasteiger partial charge in [0.25, 0.3) is 5.91 Å². The van der Waals surface area contributed by atoms with E-state index in [2.05, 4.69) is 17.1 Å². The van der Waals surface area contributed by atoms with Crippen molar-refractivity contribution in [2.45, 2.75) is 31.8 Å². The number of nitrogens with two attached hydrogens (primary N) is 1. The lowest BCUT2D eigenvalue weighted by molar-refractivity contribution is -0.0351. The van der Waals surface area contributed by atoms with Crippen LogP contribution in [0.3, 0.4) is 0 Å². The van der Waals surface area contributed by atoms with Gasteiger partial charge in [0.15, 0.2) is 5.76 Å². The zero-order valence-electron chi connectivity index (χ0n) is 13.9. The van der Waals surface area contributed by atoms with E-state index in [9.17, 15) is 4.79 Å². The van der Waals surface area contributed by atoms with Gasteiger partial charge < -0.3 is 15.5 Å². The van der Waals surface area contributed by atoms with Crippen LogP contribution in [0.15, 0.2) is 40.8 Å². The first-order valence-corrected chi connectivity index (χ1v) is 8.57. The molecule has 0 aliphatic carbocycles. The van der Waals surface area contributed by atoms with E-state index in [1.807, 2.05) is 30.3 Å². The van der Waals surface area contributed by atoms with Gasteiger partial charge in [-0.1, -0.05) is 12.1 Å². The van der Waals surface area contributed by atoms with Crippen LogP contribution in [-0.4, -0.2) is 29.6 Å². The third-order valence-corrected chi connectivity index (χ3v) is 5.38. The number of carbonyl (C=O) groups is 1. The van der Waals surface area contributed by atoms with E-state index >= 15 is 0 Å². The van der Waals surface area contributed by atoms with E-state index < -0.39 is 0 Å². The topological polar surface area (TPSA) is 71.5 Å². The fraction of sp³-hybridized carbons (Fsp3) is 0.421. The number of benzene rings is 1. The summed E-state index contributed by atoms with van der Waals surface area (Å²) in [5.41, 5.74) is 7.10. The van der Waals surface area contributed by atoms with Gasteiger partial charge in [-0.2, -0.15) is 0 Å². The summed E-state index contributed by atoms with van der Waals surface area (Å²) in [6, 6.07) is 11.0. The molecule has 5 heteroatoms. The van der Waals surface area contributed by atoms with Crippen LogP contribution in [0, 0.1) is 5.92 Å². The van der Waals surface area contributed by atoms with Gasteiger partial charge in [-0.3, -0.25) is 9.69 Å². The molecule has 0 spiro atoms. The number of hydrogen-bond acceptors (Lipinski definition) is 4. The van der Waals surface area contributed by atoms with Crippen LogP contribution < -0.4 is 11.1 Å². The van der Waals surface area contributed by atoms with Crippen LogP contribution in [0.5, 0.6) is 0 Å². The Hall–Kier alpha value is -2.27. The van der Waals surface area contributed by atoms with Crippen molar-refractivity contribution in [1.82, 2.24) is 10.2 Å². The fourth-order valence-electron chi connectivity index (χ4n) is 4.07. The van der Waals surface area contributed by atoms with Gasteiger partial charge in [-0.05, 0) is 56.4 Å². The van der Waals surface area contributed by atoms with Crippen molar-refractivity contribution in [1.29, 1.82) is 0 Å². The number of nitrogens with zero attached hydrogens (tertiary/aromatic N) is 1. The normalized spacial score (nSPS) is 28.7. The second-order valence-electron chi connectivity index (χ2n) is 7.15. The highest BCUT2D eigenvalue weighted by atomic mass is 16.4. The zero-order valence-corrected chi connectivity index (χ0v) is 13.9. The number of carbonyl (C=O) groups excluding carboxylic acids is 1. The molecule has 5 rings (SSSR count). The van der Waals surface area contributed by atoms with E-state index in [0.29, 0.717) is 17.2 Å². The molecule has 1 atom stereocenters. The molecule has 3 aliphatic rings. The Kier molecular flexibility index (Phi) is 3.61. The van der Waals surface area contributed by atoms with E-state index in [4.69, 9.17) is 10.2 Å². The lowest BCUT2D eigenvalue weighted by Gasteiger charge is -2.52. The molecule has 4 heterocycles. The first-order chi connectivity index (χ1) is 11.5. The maximum absolute atomic E-state index is 12.6. The lowest BCUT2D eigenvalue weighted by Crippen LogP contribution is -2.65. The number of amides is 1. The summed E-state index contributed by atoms with van der Waals surface area (Å²) in [5, 5.41) is 3.19. The molecule has 2 bridgehead atoms. The molecule has 0 saturated carbocycles. The monoisotopic (exact) mass is 325 g/mol. The summed E-state index contributed by atoms with van der Waals surface area (Å²) in [5.74, 6) is 1.57. The van der Waals surface area contributed by atoms with E-state index in [0.717, 1.165) is 31.0 Å². The Bertz CT molecular complexity index is 761. The largest absolute Gasteiger partial charge is 0.451 e. The summed E-state index contributed by atoms with van der Waals surface area (Å²) in [4.78, 5) is 15.0. The van der Waals surface area contributed by atoms with E-state index in [1.54, 1.807) is 6.07 Å². The van der Waals surface area contributed by atoms with Gasteiger partial charge in [0.05, 0.1) is 5.66 Å². The number of fused-ring (bicyclic) bond motifs is 3. The van der Waals surface area contributed by atoms with Crippen molar-refractivity contribution in [3.8, 4) is 11.3 Å². The first kappa shape index (κ1) is 15.3. The summed E-state index contributed by atoms with van der Waals surface area (Å²) < 4.78 is 5.77. The number of hydrogen-bond donors (Lipinski definition) is 2. The minimum absolute atomic E-state index is 0.153. The molecular weight excluding hydrogens is 302 g/mol. The molecule has 5 nitrogen and oxygen atoms in total. The second kappa shape index (κ2) is 5.67. The molecule has 3 fully saturated rings. The summed E-state index contributed by atoms with van der Waals surface area (Å²) >= 11 is 0. The van der Waals surface area contributed by atoms with Crippen LogP contribution >= 0.6 is 0 Å². The van der Waals surface area contributed by atoms with Gasteiger partial charge >= 0.3 is 0 Å². The van der Waals surface area contributed by atoms with Crippen molar-refractivity contribution in [2.24, 2.45) is 5.92 Å². The number of nitrogen functional groups attached to an aromatic ring is 1. The molecule has 0 unspecified atom stereocenters. The summed E-state index contributed by atoms with van der Waals surface area (Å²) in [7, 11) is 0. The fourth-order valence-corrected chi connectivity index (χ4v) is 4.07. The highest BCUT2D eigenvalue weighted by Gasteiger charge is 2.43. The number of piperidine rings is 3. The molecule has 24 heavy (non-hydrogen) atoms. The Morgan fingerprint density at radius 1 is 1.29 bits per heavy atom. The molecule has 0 radical (unpaired) electrons. The highest BCUT2D eigenvalue weighted by Crippen LogP contribution is 2.37. The molecule has 3 saturated heterocycles. The zero-order chi connectivity index (χ0) is 16.7. The van der Waals surface area contributed by atoms with Crippen LogP contribution in [0.1, 0.15) is 36.7 Å². The predicted molar refractivity (Wildman–Crippen MR) is 93.3 cm³/mol. The standard InChI is InChI=1S/C19H23N3O2/c1-19(12-13-7-9-22(19)10-8-13)21-18(23)17-6-5-16(24-17)14-3-2-4-15(20)11-14/h2-6,11,13H,7-10,12,20H2,1H3,(H,21,23)/t19-/m0/s1. The van der Waals surface area contributed by atoms with Crippen molar-refractivity contribution in [3.05, 3.63) is 42.2 Å². The molecule has 3 N–H and O–H groups in total. The molecule has 1 aromatic heterocycles. The van der Waals surface area contributed by atoms with Gasteiger partial charge in [-0.15, -0.1) is 0 Å².